The fraction of sp³-hybridized carbons (Fsp3) is 0.667. The highest BCUT2D eigenvalue weighted by atomic mass is 31.2. The van der Waals surface area contributed by atoms with Crippen LogP contribution in [0.15, 0.2) is 11.5 Å². The predicted molar refractivity (Wildman–Crippen MR) is 61.4 cm³/mol. The summed E-state index contributed by atoms with van der Waals surface area (Å²) in [5.41, 5.74) is 0. The fourth-order valence-corrected chi connectivity index (χ4v) is 2.36. The van der Waals surface area contributed by atoms with E-state index in [2.05, 4.69) is 13.8 Å². The third-order valence-electron chi connectivity index (χ3n) is 2.28. The van der Waals surface area contributed by atoms with Crippen LogP contribution in [0.2, 0.25) is 0 Å². The Kier molecular flexibility index (Phi) is 5.14. The van der Waals surface area contributed by atoms with Crippen LogP contribution in [0, 0.1) is 0 Å². The zero-order valence-electron chi connectivity index (χ0n) is 10.4. The number of aliphatic hydroxyl groups is 4. The summed E-state index contributed by atoms with van der Waals surface area (Å²) in [6, 6.07) is 0. The molecule has 0 amide bonds. The van der Waals surface area contributed by atoms with Crippen LogP contribution in [0.25, 0.3) is 0 Å². The number of rotatable bonds is 7. The Hall–Kier alpha value is -1.16. The predicted octanol–water partition coefficient (Wildman–Crippen LogP) is -0.536. The third-order valence-corrected chi connectivity index (χ3v) is 3.33. The molecule has 11 heteroatoms. The van der Waals surface area contributed by atoms with Crippen molar-refractivity contribution < 1.29 is 48.5 Å². The molecular weight excluding hydrogens is 299 g/mol. The first-order valence-electron chi connectivity index (χ1n) is 5.51. The van der Waals surface area contributed by atoms with E-state index in [1.165, 1.54) is 0 Å². The second kappa shape index (κ2) is 6.08. The van der Waals surface area contributed by atoms with Gasteiger partial charge in [-0.3, -0.25) is 4.52 Å². The van der Waals surface area contributed by atoms with Crippen LogP contribution in [0.5, 0.6) is 0 Å². The second-order valence-corrected chi connectivity index (χ2v) is 5.29. The number of carbonyl (C=O) groups is 1. The monoisotopic (exact) mass is 314 g/mol. The minimum atomic E-state index is -4.78. The summed E-state index contributed by atoms with van der Waals surface area (Å²) in [5, 5.41) is 37.4. The van der Waals surface area contributed by atoms with Crippen LogP contribution in [0.1, 0.15) is 13.3 Å². The Labute approximate surface area is 113 Å². The van der Waals surface area contributed by atoms with E-state index in [-0.39, 0.29) is 6.61 Å². The number of hydrogen-bond acceptors (Lipinski definition) is 9. The summed E-state index contributed by atoms with van der Waals surface area (Å²) in [6.07, 6.45) is -1.69. The van der Waals surface area contributed by atoms with E-state index < -0.39 is 43.8 Å². The zero-order valence-corrected chi connectivity index (χ0v) is 11.3. The summed E-state index contributed by atoms with van der Waals surface area (Å²) < 4.78 is 24.7. The van der Waals surface area contributed by atoms with Crippen molar-refractivity contribution in [1.82, 2.24) is 0 Å². The van der Waals surface area contributed by atoms with Gasteiger partial charge >= 0.3 is 13.8 Å². The highest BCUT2D eigenvalue weighted by molar-refractivity contribution is 7.47. The Balaban J connectivity index is 2.94. The van der Waals surface area contributed by atoms with Crippen molar-refractivity contribution in [3.05, 3.63) is 11.5 Å². The SMILES string of the molecule is CCCOP(=O)(O)O[C@](O)(CO)[C@H]1OC(=O)C(O)=C1O. The number of ether oxygens (including phenoxy) is 1. The summed E-state index contributed by atoms with van der Waals surface area (Å²) in [4.78, 5) is 20.3. The number of cyclic esters (lactones) is 1. The number of phosphoric acid groups is 1. The number of phosphoric ester groups is 1. The van der Waals surface area contributed by atoms with Gasteiger partial charge in [0.05, 0.1) is 6.61 Å². The first-order valence-corrected chi connectivity index (χ1v) is 7.00. The van der Waals surface area contributed by atoms with Gasteiger partial charge < -0.3 is 30.1 Å². The molecule has 0 spiro atoms. The lowest BCUT2D eigenvalue weighted by molar-refractivity contribution is -0.234. The normalized spacial score (nSPS) is 25.2. The molecule has 0 fully saturated rings. The Bertz CT molecular complexity index is 460. The van der Waals surface area contributed by atoms with Gasteiger partial charge in [-0.15, -0.1) is 0 Å². The van der Waals surface area contributed by atoms with Gasteiger partial charge in [0.1, 0.15) is 6.61 Å². The third kappa shape index (κ3) is 3.48. The van der Waals surface area contributed by atoms with Gasteiger partial charge in [0.25, 0.3) is 0 Å². The van der Waals surface area contributed by atoms with E-state index in [9.17, 15) is 24.5 Å². The smallest absolute Gasteiger partial charge is 0.474 e. The maximum Gasteiger partial charge on any atom is 0.474 e. The number of hydrogen-bond donors (Lipinski definition) is 5. The summed E-state index contributed by atoms with van der Waals surface area (Å²) >= 11 is 0. The maximum atomic E-state index is 11.5. The van der Waals surface area contributed by atoms with Crippen LogP contribution in [0.4, 0.5) is 0 Å². The van der Waals surface area contributed by atoms with Gasteiger partial charge in [0.2, 0.25) is 17.7 Å². The standard InChI is InChI=1S/C9H15O10P/c1-2-3-17-20(15,16)19-9(14,4-10)7-5(11)6(12)8(13)18-7/h7,10-12,14H,2-4H2,1H3,(H,15,16)/t7-,9+/m0/s1. The largest absolute Gasteiger partial charge is 0.505 e. The molecule has 0 saturated heterocycles. The minimum Gasteiger partial charge on any atom is -0.505 e. The molecule has 5 N–H and O–H groups in total. The summed E-state index contributed by atoms with van der Waals surface area (Å²) in [7, 11) is -4.78. The molecule has 10 nitrogen and oxygen atoms in total. The van der Waals surface area contributed by atoms with Crippen molar-refractivity contribution in [2.24, 2.45) is 0 Å². The molecule has 1 heterocycles. The van der Waals surface area contributed by atoms with Gasteiger partial charge in [-0.2, -0.15) is 0 Å². The topological polar surface area (TPSA) is 163 Å². The van der Waals surface area contributed by atoms with E-state index in [0.29, 0.717) is 6.42 Å². The van der Waals surface area contributed by atoms with Crippen molar-refractivity contribution in [3.63, 3.8) is 0 Å². The van der Waals surface area contributed by atoms with Crippen LogP contribution >= 0.6 is 7.82 Å². The molecule has 116 valence electrons. The summed E-state index contributed by atoms with van der Waals surface area (Å²) in [5.74, 6) is -6.68. The number of aliphatic hydroxyl groups excluding tert-OH is 3. The molecule has 1 aliphatic rings. The quantitative estimate of drug-likeness (QED) is 0.234. The molecule has 0 aromatic heterocycles. The van der Waals surface area contributed by atoms with Crippen molar-refractivity contribution in [1.29, 1.82) is 0 Å². The molecule has 0 aliphatic carbocycles. The van der Waals surface area contributed by atoms with Crippen LogP contribution in [0.3, 0.4) is 0 Å². The molecule has 1 unspecified atom stereocenters. The molecule has 0 aromatic carbocycles. The van der Waals surface area contributed by atoms with Crippen molar-refractivity contribution in [3.8, 4) is 0 Å². The lowest BCUT2D eigenvalue weighted by Gasteiger charge is -2.31. The van der Waals surface area contributed by atoms with Gasteiger partial charge in [-0.1, -0.05) is 6.92 Å². The maximum absolute atomic E-state index is 11.5. The lowest BCUT2D eigenvalue weighted by Crippen LogP contribution is -2.49. The van der Waals surface area contributed by atoms with Crippen molar-refractivity contribution in [2.75, 3.05) is 13.2 Å². The summed E-state index contributed by atoms with van der Waals surface area (Å²) in [6.45, 7) is 0.152. The van der Waals surface area contributed by atoms with E-state index >= 15 is 0 Å². The Morgan fingerprint density at radius 1 is 1.45 bits per heavy atom. The van der Waals surface area contributed by atoms with E-state index in [1.807, 2.05) is 0 Å². The second-order valence-electron chi connectivity index (χ2n) is 3.92. The number of esters is 1. The molecule has 0 saturated carbocycles. The first-order chi connectivity index (χ1) is 9.17. The molecule has 0 bridgehead atoms. The van der Waals surface area contributed by atoms with Gasteiger partial charge in [0.15, 0.2) is 5.76 Å². The first kappa shape index (κ1) is 16.9. The molecule has 0 radical (unpaired) electrons. The molecular formula is C9H15O10P. The average molecular weight is 314 g/mol. The van der Waals surface area contributed by atoms with E-state index in [4.69, 9.17) is 10.2 Å². The molecule has 3 atom stereocenters. The van der Waals surface area contributed by atoms with E-state index in [0.717, 1.165) is 0 Å². The molecule has 1 aliphatic heterocycles. The Morgan fingerprint density at radius 2 is 2.05 bits per heavy atom. The average Bonchev–Trinajstić information content (AvgIpc) is 2.64. The lowest BCUT2D eigenvalue weighted by atomic mass is 10.1. The number of carbonyl (C=O) groups excluding carboxylic acids is 1. The van der Waals surface area contributed by atoms with Crippen molar-refractivity contribution in [2.45, 2.75) is 25.2 Å². The molecule has 20 heavy (non-hydrogen) atoms. The van der Waals surface area contributed by atoms with Crippen molar-refractivity contribution >= 4 is 13.8 Å². The van der Waals surface area contributed by atoms with Gasteiger partial charge in [0, 0.05) is 0 Å². The van der Waals surface area contributed by atoms with Gasteiger partial charge in [-0.25, -0.2) is 13.9 Å². The highest BCUT2D eigenvalue weighted by Crippen LogP contribution is 2.49. The van der Waals surface area contributed by atoms with Crippen LogP contribution in [-0.2, 0) is 23.1 Å². The van der Waals surface area contributed by atoms with Gasteiger partial charge in [-0.05, 0) is 6.42 Å². The van der Waals surface area contributed by atoms with Crippen LogP contribution < -0.4 is 0 Å². The highest BCUT2D eigenvalue weighted by Gasteiger charge is 2.53. The molecule has 1 rings (SSSR count). The zero-order chi connectivity index (χ0) is 15.6. The van der Waals surface area contributed by atoms with Crippen LogP contribution in [-0.4, -0.2) is 56.4 Å². The Morgan fingerprint density at radius 3 is 2.45 bits per heavy atom. The van der Waals surface area contributed by atoms with E-state index in [1.54, 1.807) is 6.92 Å². The molecule has 0 aromatic rings. The minimum absolute atomic E-state index is 0.174. The fourth-order valence-electron chi connectivity index (χ4n) is 1.35.